The molecule has 1 aromatic heterocycles. The van der Waals surface area contributed by atoms with Crippen LogP contribution in [0.4, 0.5) is 5.82 Å². The summed E-state index contributed by atoms with van der Waals surface area (Å²) >= 11 is 0. The van der Waals surface area contributed by atoms with Crippen LogP contribution in [0.2, 0.25) is 0 Å². The van der Waals surface area contributed by atoms with Gasteiger partial charge in [0, 0.05) is 38.1 Å². The molecule has 1 aliphatic heterocycles. The molecule has 2 saturated carbocycles. The molecule has 0 bridgehead atoms. The number of nitrogens with two attached hydrogens (primary N) is 1. The van der Waals surface area contributed by atoms with E-state index in [1.54, 1.807) is 15.8 Å². The Bertz CT molecular complexity index is 705. The number of nitrogens with zero attached hydrogens (tertiary/aromatic N) is 4. The first kappa shape index (κ1) is 17.4. The molecular formula is C19H29N5O2. The summed E-state index contributed by atoms with van der Waals surface area (Å²) in [7, 11) is 0. The molecule has 3 fully saturated rings. The maximum absolute atomic E-state index is 12.8. The van der Waals surface area contributed by atoms with Crippen molar-refractivity contribution in [1.82, 2.24) is 19.6 Å². The lowest BCUT2D eigenvalue weighted by molar-refractivity contribution is -0.145. The van der Waals surface area contributed by atoms with Crippen molar-refractivity contribution in [3.8, 4) is 0 Å². The Morgan fingerprint density at radius 3 is 2.46 bits per heavy atom. The number of hydrogen-bond donors (Lipinski definition) is 1. The molecule has 0 aromatic carbocycles. The van der Waals surface area contributed by atoms with Crippen molar-refractivity contribution in [3.63, 3.8) is 0 Å². The molecule has 1 saturated heterocycles. The normalized spacial score (nSPS) is 28.2. The second-order valence-corrected chi connectivity index (χ2v) is 8.30. The number of piperazine rings is 1. The fraction of sp³-hybridized carbons (Fsp3) is 0.737. The van der Waals surface area contributed by atoms with Crippen LogP contribution in [0.1, 0.15) is 55.9 Å². The molecule has 2 heterocycles. The number of aromatic nitrogens is 2. The minimum atomic E-state index is -0.0824. The predicted molar refractivity (Wildman–Crippen MR) is 98.4 cm³/mol. The van der Waals surface area contributed by atoms with E-state index >= 15 is 0 Å². The SMILES string of the molecule is CC(C)n1ncc(C(=O)N2CCN(C(=O)C3CC4CCCC43)CC2)c1N. The Kier molecular flexibility index (Phi) is 4.40. The van der Waals surface area contributed by atoms with Gasteiger partial charge in [0.25, 0.3) is 5.91 Å². The van der Waals surface area contributed by atoms with E-state index in [0.29, 0.717) is 49.4 Å². The van der Waals surface area contributed by atoms with Crippen LogP contribution >= 0.6 is 0 Å². The highest BCUT2D eigenvalue weighted by Crippen LogP contribution is 2.51. The van der Waals surface area contributed by atoms with Gasteiger partial charge in [-0.1, -0.05) is 12.8 Å². The Labute approximate surface area is 154 Å². The van der Waals surface area contributed by atoms with Crippen LogP contribution in [-0.2, 0) is 4.79 Å². The molecule has 3 aliphatic rings. The van der Waals surface area contributed by atoms with Gasteiger partial charge >= 0.3 is 0 Å². The lowest BCUT2D eigenvalue weighted by Crippen LogP contribution is -2.54. The molecule has 142 valence electrons. The summed E-state index contributed by atoms with van der Waals surface area (Å²) in [5.41, 5.74) is 6.55. The van der Waals surface area contributed by atoms with Gasteiger partial charge in [0.2, 0.25) is 5.91 Å². The smallest absolute Gasteiger partial charge is 0.259 e. The number of rotatable bonds is 3. The maximum Gasteiger partial charge on any atom is 0.259 e. The van der Waals surface area contributed by atoms with Crippen molar-refractivity contribution < 1.29 is 9.59 Å². The zero-order chi connectivity index (χ0) is 18.4. The average Bonchev–Trinajstić information content (AvgIpc) is 3.17. The van der Waals surface area contributed by atoms with Gasteiger partial charge < -0.3 is 15.5 Å². The molecule has 4 rings (SSSR count). The van der Waals surface area contributed by atoms with Crippen LogP contribution in [0.15, 0.2) is 6.20 Å². The van der Waals surface area contributed by atoms with Crippen molar-refractivity contribution >= 4 is 17.6 Å². The molecule has 2 aliphatic carbocycles. The Balaban J connectivity index is 1.35. The lowest BCUT2D eigenvalue weighted by atomic mass is 9.66. The largest absolute Gasteiger partial charge is 0.383 e. The molecule has 26 heavy (non-hydrogen) atoms. The summed E-state index contributed by atoms with van der Waals surface area (Å²) in [4.78, 5) is 29.3. The van der Waals surface area contributed by atoms with Crippen LogP contribution in [0, 0.1) is 17.8 Å². The highest BCUT2D eigenvalue weighted by Gasteiger charge is 2.48. The van der Waals surface area contributed by atoms with E-state index in [1.807, 2.05) is 18.7 Å². The van der Waals surface area contributed by atoms with Crippen molar-refractivity contribution in [2.24, 2.45) is 17.8 Å². The summed E-state index contributed by atoms with van der Waals surface area (Å²) in [5, 5.41) is 4.23. The zero-order valence-electron chi connectivity index (χ0n) is 15.7. The molecule has 2 amide bonds. The minimum absolute atomic E-state index is 0.0824. The van der Waals surface area contributed by atoms with Crippen LogP contribution in [-0.4, -0.2) is 57.6 Å². The molecule has 7 heteroatoms. The summed E-state index contributed by atoms with van der Waals surface area (Å²) < 4.78 is 1.67. The summed E-state index contributed by atoms with van der Waals surface area (Å²) in [6.45, 7) is 6.34. The highest BCUT2D eigenvalue weighted by atomic mass is 16.2. The summed E-state index contributed by atoms with van der Waals surface area (Å²) in [6.07, 6.45) is 6.45. The lowest BCUT2D eigenvalue weighted by Gasteiger charge is -2.44. The molecule has 0 radical (unpaired) electrons. The Morgan fingerprint density at radius 2 is 1.85 bits per heavy atom. The number of nitrogen functional groups attached to an aromatic ring is 1. The summed E-state index contributed by atoms with van der Waals surface area (Å²) in [5.74, 6) is 2.32. The minimum Gasteiger partial charge on any atom is -0.383 e. The first-order chi connectivity index (χ1) is 12.5. The second-order valence-electron chi connectivity index (χ2n) is 8.30. The first-order valence-electron chi connectivity index (χ1n) is 9.88. The quantitative estimate of drug-likeness (QED) is 0.891. The fourth-order valence-corrected chi connectivity index (χ4v) is 4.96. The van der Waals surface area contributed by atoms with Gasteiger partial charge in [-0.05, 0) is 38.5 Å². The third-order valence-electron chi connectivity index (χ3n) is 6.54. The first-order valence-corrected chi connectivity index (χ1v) is 9.88. The third kappa shape index (κ3) is 2.77. The Hall–Kier alpha value is -2.05. The number of hydrogen-bond acceptors (Lipinski definition) is 4. The summed E-state index contributed by atoms with van der Waals surface area (Å²) in [6, 6.07) is 0.118. The predicted octanol–water partition coefficient (Wildman–Crippen LogP) is 1.77. The molecule has 0 spiro atoms. The molecule has 1 aromatic rings. The number of carbonyl (C=O) groups excluding carboxylic acids is 2. The fourth-order valence-electron chi connectivity index (χ4n) is 4.96. The topological polar surface area (TPSA) is 84.5 Å². The van der Waals surface area contributed by atoms with Crippen LogP contribution in [0.3, 0.4) is 0 Å². The van der Waals surface area contributed by atoms with Crippen LogP contribution < -0.4 is 5.73 Å². The van der Waals surface area contributed by atoms with Crippen molar-refractivity contribution in [1.29, 1.82) is 0 Å². The van der Waals surface area contributed by atoms with E-state index in [-0.39, 0.29) is 17.9 Å². The van der Waals surface area contributed by atoms with Gasteiger partial charge in [-0.15, -0.1) is 0 Å². The van der Waals surface area contributed by atoms with E-state index in [9.17, 15) is 9.59 Å². The highest BCUT2D eigenvalue weighted by molar-refractivity contribution is 5.98. The van der Waals surface area contributed by atoms with Gasteiger partial charge in [0.05, 0.1) is 6.20 Å². The number of anilines is 1. The molecule has 2 N–H and O–H groups in total. The molecule has 3 atom stereocenters. The van der Waals surface area contributed by atoms with Gasteiger partial charge in [-0.3, -0.25) is 9.59 Å². The Morgan fingerprint density at radius 1 is 1.15 bits per heavy atom. The van der Waals surface area contributed by atoms with Gasteiger partial charge in [-0.25, -0.2) is 4.68 Å². The monoisotopic (exact) mass is 359 g/mol. The maximum atomic E-state index is 12.8. The third-order valence-corrected chi connectivity index (χ3v) is 6.54. The van der Waals surface area contributed by atoms with Crippen molar-refractivity contribution in [2.75, 3.05) is 31.9 Å². The standard InChI is InChI=1S/C19H29N5O2/c1-12(2)24-17(20)16(11-21-24)19(26)23-8-6-22(7-9-23)18(25)15-10-13-4-3-5-14(13)15/h11-15H,3-10,20H2,1-2H3. The van der Waals surface area contributed by atoms with Gasteiger partial charge in [0.15, 0.2) is 0 Å². The second kappa shape index (κ2) is 6.59. The van der Waals surface area contributed by atoms with E-state index < -0.39 is 0 Å². The van der Waals surface area contributed by atoms with E-state index in [1.165, 1.54) is 19.3 Å². The van der Waals surface area contributed by atoms with E-state index in [0.717, 1.165) is 12.3 Å². The van der Waals surface area contributed by atoms with E-state index in [2.05, 4.69) is 5.10 Å². The number of fused-ring (bicyclic) bond motifs is 1. The number of carbonyl (C=O) groups is 2. The van der Waals surface area contributed by atoms with Crippen molar-refractivity contribution in [2.45, 2.75) is 45.6 Å². The average molecular weight is 359 g/mol. The van der Waals surface area contributed by atoms with Crippen molar-refractivity contribution in [3.05, 3.63) is 11.8 Å². The molecule has 3 unspecified atom stereocenters. The number of amides is 2. The zero-order valence-corrected chi connectivity index (χ0v) is 15.7. The van der Waals surface area contributed by atoms with Crippen LogP contribution in [0.5, 0.6) is 0 Å². The molecular weight excluding hydrogens is 330 g/mol. The molecule has 7 nitrogen and oxygen atoms in total. The van der Waals surface area contributed by atoms with Crippen LogP contribution in [0.25, 0.3) is 0 Å². The van der Waals surface area contributed by atoms with Gasteiger partial charge in [0.1, 0.15) is 11.4 Å². The van der Waals surface area contributed by atoms with Gasteiger partial charge in [-0.2, -0.15) is 5.10 Å². The van der Waals surface area contributed by atoms with E-state index in [4.69, 9.17) is 5.73 Å².